The van der Waals surface area contributed by atoms with Crippen molar-refractivity contribution in [1.82, 2.24) is 0 Å². The van der Waals surface area contributed by atoms with Gasteiger partial charge in [0.25, 0.3) is 0 Å². The van der Waals surface area contributed by atoms with Crippen LogP contribution in [-0.4, -0.2) is 17.1 Å². The summed E-state index contributed by atoms with van der Waals surface area (Å²) < 4.78 is 0. The van der Waals surface area contributed by atoms with E-state index in [2.05, 4.69) is 0 Å². The fourth-order valence-electron chi connectivity index (χ4n) is 1.06. The molecule has 0 aromatic heterocycles. The van der Waals surface area contributed by atoms with Gasteiger partial charge in [-0.05, 0) is 19.8 Å². The van der Waals surface area contributed by atoms with Crippen LogP contribution in [0.2, 0.25) is 0 Å². The molecular formula is C9H19ClO. The molecule has 2 heteroatoms. The number of hydrogen-bond acceptors (Lipinski definition) is 1. The zero-order valence-electron chi connectivity index (χ0n) is 7.35. The van der Waals surface area contributed by atoms with Crippen LogP contribution in [0, 0.1) is 0 Å². The predicted molar refractivity (Wildman–Crippen MR) is 50.1 cm³/mol. The van der Waals surface area contributed by atoms with Gasteiger partial charge in [-0.25, -0.2) is 0 Å². The van der Waals surface area contributed by atoms with Gasteiger partial charge in [-0.15, -0.1) is 11.6 Å². The normalized spacial score (nSPS) is 13.4. The smallest absolute Gasteiger partial charge is 0.0512 e. The van der Waals surface area contributed by atoms with E-state index in [0.29, 0.717) is 0 Å². The summed E-state index contributed by atoms with van der Waals surface area (Å²) in [5.74, 6) is 0.788. The van der Waals surface area contributed by atoms with Crippen molar-refractivity contribution in [2.75, 3.05) is 5.88 Å². The fraction of sp³-hybridized carbons (Fsp3) is 1.00. The number of aliphatic hydroxyl groups excluding tert-OH is 1. The van der Waals surface area contributed by atoms with Crippen LogP contribution in [0.1, 0.15) is 45.4 Å². The van der Waals surface area contributed by atoms with Gasteiger partial charge in [0.05, 0.1) is 6.10 Å². The molecule has 1 N–H and O–H groups in total. The third-order valence-corrected chi connectivity index (χ3v) is 2.02. The molecule has 0 aliphatic heterocycles. The van der Waals surface area contributed by atoms with Crippen LogP contribution in [-0.2, 0) is 0 Å². The van der Waals surface area contributed by atoms with Crippen LogP contribution in [0.15, 0.2) is 0 Å². The Morgan fingerprint density at radius 3 is 2.18 bits per heavy atom. The van der Waals surface area contributed by atoms with Gasteiger partial charge in [0, 0.05) is 5.88 Å². The molecule has 0 aromatic carbocycles. The Kier molecular flexibility index (Phi) is 8.54. The van der Waals surface area contributed by atoms with Crippen LogP contribution < -0.4 is 0 Å². The molecule has 0 rings (SSSR count). The van der Waals surface area contributed by atoms with Crippen LogP contribution in [0.4, 0.5) is 0 Å². The molecule has 11 heavy (non-hydrogen) atoms. The molecule has 0 radical (unpaired) electrons. The maximum absolute atomic E-state index is 8.93. The van der Waals surface area contributed by atoms with E-state index in [1.54, 1.807) is 0 Å². The van der Waals surface area contributed by atoms with Gasteiger partial charge in [-0.1, -0.05) is 25.7 Å². The number of unbranched alkanes of at least 4 members (excludes halogenated alkanes) is 4. The molecule has 0 fully saturated rings. The molecule has 1 nitrogen and oxygen atoms in total. The first-order valence-corrected chi connectivity index (χ1v) is 5.05. The lowest BCUT2D eigenvalue weighted by Crippen LogP contribution is -1.98. The van der Waals surface area contributed by atoms with Crippen molar-refractivity contribution in [2.45, 2.75) is 51.6 Å². The predicted octanol–water partition coefficient (Wildman–Crippen LogP) is 2.95. The van der Waals surface area contributed by atoms with Gasteiger partial charge in [0.2, 0.25) is 0 Å². The summed E-state index contributed by atoms with van der Waals surface area (Å²) >= 11 is 5.52. The van der Waals surface area contributed by atoms with Crippen molar-refractivity contribution < 1.29 is 5.11 Å². The summed E-state index contributed by atoms with van der Waals surface area (Å²) in [5, 5.41) is 8.93. The van der Waals surface area contributed by atoms with E-state index in [0.717, 1.165) is 25.1 Å². The molecule has 0 bridgehead atoms. The lowest BCUT2D eigenvalue weighted by Gasteiger charge is -2.02. The van der Waals surface area contributed by atoms with Gasteiger partial charge < -0.3 is 5.11 Å². The van der Waals surface area contributed by atoms with Gasteiger partial charge >= 0.3 is 0 Å². The lowest BCUT2D eigenvalue weighted by atomic mass is 10.1. The third-order valence-electron chi connectivity index (χ3n) is 1.76. The number of hydrogen-bond donors (Lipinski definition) is 1. The molecule has 0 saturated heterocycles. The topological polar surface area (TPSA) is 20.2 Å². The Bertz CT molecular complexity index is 74.0. The molecule has 1 atom stereocenters. The van der Waals surface area contributed by atoms with Crippen LogP contribution in [0.3, 0.4) is 0 Å². The van der Waals surface area contributed by atoms with E-state index in [1.807, 2.05) is 6.92 Å². The first-order chi connectivity index (χ1) is 5.27. The molecule has 0 amide bonds. The maximum Gasteiger partial charge on any atom is 0.0512 e. The number of aliphatic hydroxyl groups is 1. The fourth-order valence-corrected chi connectivity index (χ4v) is 1.25. The second-order valence-electron chi connectivity index (χ2n) is 3.09. The first-order valence-electron chi connectivity index (χ1n) is 4.51. The van der Waals surface area contributed by atoms with Crippen LogP contribution in [0.25, 0.3) is 0 Å². The number of rotatable bonds is 7. The zero-order chi connectivity index (χ0) is 8.53. The van der Waals surface area contributed by atoms with E-state index in [-0.39, 0.29) is 6.10 Å². The summed E-state index contributed by atoms with van der Waals surface area (Å²) in [6.45, 7) is 1.85. The monoisotopic (exact) mass is 178 g/mol. The average molecular weight is 179 g/mol. The molecule has 0 aliphatic rings. The summed E-state index contributed by atoms with van der Waals surface area (Å²) in [6.07, 6.45) is 6.85. The van der Waals surface area contributed by atoms with E-state index in [9.17, 15) is 0 Å². The number of alkyl halides is 1. The minimum atomic E-state index is -0.122. The molecule has 0 heterocycles. The Labute approximate surface area is 74.8 Å². The zero-order valence-corrected chi connectivity index (χ0v) is 8.11. The minimum absolute atomic E-state index is 0.122. The van der Waals surface area contributed by atoms with Gasteiger partial charge in [0.1, 0.15) is 0 Å². The van der Waals surface area contributed by atoms with Gasteiger partial charge in [-0.3, -0.25) is 0 Å². The highest BCUT2D eigenvalue weighted by molar-refractivity contribution is 6.17. The summed E-state index contributed by atoms with van der Waals surface area (Å²) in [5.41, 5.74) is 0. The Hall–Kier alpha value is 0.250. The lowest BCUT2D eigenvalue weighted by molar-refractivity contribution is 0.180. The van der Waals surface area contributed by atoms with E-state index in [1.165, 1.54) is 19.3 Å². The Morgan fingerprint density at radius 2 is 1.64 bits per heavy atom. The van der Waals surface area contributed by atoms with Crippen molar-refractivity contribution in [1.29, 1.82) is 0 Å². The molecule has 0 spiro atoms. The maximum atomic E-state index is 8.93. The highest BCUT2D eigenvalue weighted by atomic mass is 35.5. The van der Waals surface area contributed by atoms with Crippen LogP contribution in [0.5, 0.6) is 0 Å². The second-order valence-corrected chi connectivity index (χ2v) is 3.47. The van der Waals surface area contributed by atoms with Crippen molar-refractivity contribution in [3.8, 4) is 0 Å². The first kappa shape index (κ1) is 11.2. The van der Waals surface area contributed by atoms with Crippen molar-refractivity contribution in [3.63, 3.8) is 0 Å². The molecule has 0 aromatic rings. The van der Waals surface area contributed by atoms with Gasteiger partial charge in [-0.2, -0.15) is 0 Å². The Morgan fingerprint density at radius 1 is 1.09 bits per heavy atom. The highest BCUT2D eigenvalue weighted by Gasteiger charge is 1.94. The molecule has 0 aliphatic carbocycles. The van der Waals surface area contributed by atoms with Crippen LogP contribution >= 0.6 is 11.6 Å². The summed E-state index contributed by atoms with van der Waals surface area (Å²) in [4.78, 5) is 0. The standard InChI is InChI=1S/C9H19ClO/c1-9(11)7-5-3-2-4-6-8-10/h9,11H,2-8H2,1H3/t9-/m1/s1. The highest BCUT2D eigenvalue weighted by Crippen LogP contribution is 2.07. The van der Waals surface area contributed by atoms with E-state index >= 15 is 0 Å². The SMILES string of the molecule is C[C@@H](O)CCCCCCCCl. The largest absolute Gasteiger partial charge is 0.393 e. The van der Waals surface area contributed by atoms with Crippen molar-refractivity contribution >= 4 is 11.6 Å². The van der Waals surface area contributed by atoms with Gasteiger partial charge in [0.15, 0.2) is 0 Å². The van der Waals surface area contributed by atoms with Crippen molar-refractivity contribution in [3.05, 3.63) is 0 Å². The third kappa shape index (κ3) is 10.2. The van der Waals surface area contributed by atoms with E-state index < -0.39 is 0 Å². The molecular weight excluding hydrogens is 160 g/mol. The summed E-state index contributed by atoms with van der Waals surface area (Å²) in [6, 6.07) is 0. The average Bonchev–Trinajstić information content (AvgIpc) is 1.96. The Balaban J connectivity index is 2.80. The van der Waals surface area contributed by atoms with Crippen molar-refractivity contribution in [2.24, 2.45) is 0 Å². The molecule has 68 valence electrons. The quantitative estimate of drug-likeness (QED) is 0.470. The van der Waals surface area contributed by atoms with E-state index in [4.69, 9.17) is 16.7 Å². The second kappa shape index (κ2) is 8.35. The molecule has 0 unspecified atom stereocenters. The molecule has 0 saturated carbocycles. The summed E-state index contributed by atoms with van der Waals surface area (Å²) in [7, 11) is 0. The number of halogens is 1. The minimum Gasteiger partial charge on any atom is -0.393 e.